The zero-order valence-electron chi connectivity index (χ0n) is 11.0. The van der Waals surface area contributed by atoms with Crippen molar-refractivity contribution < 1.29 is 4.74 Å². The Kier molecular flexibility index (Phi) is 3.99. The molecule has 0 radical (unpaired) electrons. The Morgan fingerprint density at radius 1 is 1.32 bits per heavy atom. The lowest BCUT2D eigenvalue weighted by molar-refractivity contribution is 0.409. The first-order chi connectivity index (χ1) is 9.24. The van der Waals surface area contributed by atoms with Gasteiger partial charge in [0, 0.05) is 31.0 Å². The van der Waals surface area contributed by atoms with Crippen molar-refractivity contribution in [1.29, 1.82) is 5.26 Å². The van der Waals surface area contributed by atoms with Gasteiger partial charge in [-0.1, -0.05) is 18.2 Å². The maximum atomic E-state index is 8.86. The maximum absolute atomic E-state index is 8.86. The number of anilines is 1. The Labute approximate surface area is 112 Å². The molecule has 19 heavy (non-hydrogen) atoms. The van der Waals surface area contributed by atoms with Gasteiger partial charge in [0.1, 0.15) is 17.5 Å². The van der Waals surface area contributed by atoms with Crippen LogP contribution in [-0.4, -0.2) is 19.1 Å². The van der Waals surface area contributed by atoms with Crippen LogP contribution in [0.15, 0.2) is 42.6 Å². The van der Waals surface area contributed by atoms with Gasteiger partial charge in [-0.3, -0.25) is 0 Å². The minimum absolute atomic E-state index is 0.421. The van der Waals surface area contributed by atoms with Crippen molar-refractivity contribution in [1.82, 2.24) is 4.98 Å². The molecule has 0 spiro atoms. The van der Waals surface area contributed by atoms with E-state index in [1.54, 1.807) is 19.4 Å². The van der Waals surface area contributed by atoms with Crippen molar-refractivity contribution >= 4 is 5.69 Å². The van der Waals surface area contributed by atoms with Gasteiger partial charge in [0.05, 0.1) is 7.11 Å². The Bertz CT molecular complexity index is 604. The molecule has 0 N–H and O–H groups in total. The number of benzene rings is 1. The third-order valence-corrected chi connectivity index (χ3v) is 2.90. The van der Waals surface area contributed by atoms with Gasteiger partial charge in [0.25, 0.3) is 0 Å². The summed E-state index contributed by atoms with van der Waals surface area (Å²) >= 11 is 0. The van der Waals surface area contributed by atoms with Crippen LogP contribution in [0.4, 0.5) is 5.69 Å². The van der Waals surface area contributed by atoms with Crippen molar-refractivity contribution in [3.63, 3.8) is 0 Å². The van der Waals surface area contributed by atoms with E-state index >= 15 is 0 Å². The Morgan fingerprint density at radius 2 is 2.11 bits per heavy atom. The molecule has 1 aromatic carbocycles. The SMILES string of the molecule is COc1ccccc1CN(C)c1ccnc(C#N)c1. The predicted molar refractivity (Wildman–Crippen MR) is 74.1 cm³/mol. The number of rotatable bonds is 4. The van der Waals surface area contributed by atoms with E-state index in [4.69, 9.17) is 10.00 Å². The molecule has 0 unspecified atom stereocenters. The first-order valence-electron chi connectivity index (χ1n) is 5.94. The molecule has 0 aliphatic rings. The van der Waals surface area contributed by atoms with E-state index in [9.17, 15) is 0 Å². The van der Waals surface area contributed by atoms with Gasteiger partial charge in [0.2, 0.25) is 0 Å². The van der Waals surface area contributed by atoms with Gasteiger partial charge in [-0.2, -0.15) is 5.26 Å². The van der Waals surface area contributed by atoms with Crippen molar-refractivity contribution in [3.8, 4) is 11.8 Å². The van der Waals surface area contributed by atoms with Gasteiger partial charge in [-0.15, -0.1) is 0 Å². The predicted octanol–water partition coefficient (Wildman–Crippen LogP) is 2.60. The highest BCUT2D eigenvalue weighted by atomic mass is 16.5. The minimum Gasteiger partial charge on any atom is -0.496 e. The van der Waals surface area contributed by atoms with Crippen LogP contribution in [0, 0.1) is 11.3 Å². The third kappa shape index (κ3) is 3.02. The van der Waals surface area contributed by atoms with Crippen LogP contribution in [0.5, 0.6) is 5.75 Å². The Morgan fingerprint density at radius 3 is 2.84 bits per heavy atom. The fourth-order valence-electron chi connectivity index (χ4n) is 1.90. The number of methoxy groups -OCH3 is 1. The molecule has 1 aromatic heterocycles. The number of hydrogen-bond acceptors (Lipinski definition) is 4. The van der Waals surface area contributed by atoms with Crippen molar-refractivity contribution in [2.24, 2.45) is 0 Å². The summed E-state index contributed by atoms with van der Waals surface area (Å²) in [5.41, 5.74) is 2.48. The number of para-hydroxylation sites is 1. The fourth-order valence-corrected chi connectivity index (χ4v) is 1.90. The zero-order chi connectivity index (χ0) is 13.7. The lowest BCUT2D eigenvalue weighted by atomic mass is 10.2. The zero-order valence-corrected chi connectivity index (χ0v) is 11.0. The largest absolute Gasteiger partial charge is 0.496 e. The highest BCUT2D eigenvalue weighted by Crippen LogP contribution is 2.22. The molecular weight excluding hydrogens is 238 g/mol. The standard InChI is InChI=1S/C15H15N3O/c1-18(14-7-8-17-13(9-14)10-16)11-12-5-3-4-6-15(12)19-2/h3-9H,11H2,1-2H3. The van der Waals surface area contributed by atoms with Gasteiger partial charge in [-0.05, 0) is 18.2 Å². The van der Waals surface area contributed by atoms with Crippen molar-refractivity contribution in [3.05, 3.63) is 53.9 Å². The molecular formula is C15H15N3O. The summed E-state index contributed by atoms with van der Waals surface area (Å²) in [7, 11) is 3.64. The molecule has 0 amide bonds. The second kappa shape index (κ2) is 5.87. The minimum atomic E-state index is 0.421. The second-order valence-corrected chi connectivity index (χ2v) is 4.18. The van der Waals surface area contributed by atoms with E-state index in [2.05, 4.69) is 9.88 Å². The number of hydrogen-bond donors (Lipinski definition) is 0. The number of nitriles is 1. The van der Waals surface area contributed by atoms with Crippen LogP contribution in [-0.2, 0) is 6.54 Å². The maximum Gasteiger partial charge on any atom is 0.142 e. The summed E-state index contributed by atoms with van der Waals surface area (Å²) in [6.45, 7) is 0.707. The quantitative estimate of drug-likeness (QED) is 0.840. The molecule has 1 heterocycles. The molecule has 2 aromatic rings. The lowest BCUT2D eigenvalue weighted by Gasteiger charge is -2.20. The molecule has 0 saturated heterocycles. The summed E-state index contributed by atoms with van der Waals surface area (Å²) < 4.78 is 5.34. The number of pyridine rings is 1. The van der Waals surface area contributed by atoms with Crippen LogP contribution in [0.2, 0.25) is 0 Å². The lowest BCUT2D eigenvalue weighted by Crippen LogP contribution is -2.17. The molecule has 0 aliphatic heterocycles. The van der Waals surface area contributed by atoms with Crippen LogP contribution >= 0.6 is 0 Å². The van der Waals surface area contributed by atoms with Crippen LogP contribution in [0.1, 0.15) is 11.3 Å². The summed E-state index contributed by atoms with van der Waals surface area (Å²) in [5.74, 6) is 0.865. The normalized spacial score (nSPS) is 9.74. The smallest absolute Gasteiger partial charge is 0.142 e. The average molecular weight is 253 g/mol. The van der Waals surface area contributed by atoms with E-state index in [0.717, 1.165) is 17.0 Å². The first kappa shape index (κ1) is 12.9. The molecule has 0 bridgehead atoms. The summed E-state index contributed by atoms with van der Waals surface area (Å²) in [6.07, 6.45) is 1.65. The fraction of sp³-hybridized carbons (Fsp3) is 0.200. The molecule has 2 rings (SSSR count). The monoisotopic (exact) mass is 253 g/mol. The summed E-state index contributed by atoms with van der Waals surface area (Å²) in [5, 5.41) is 8.86. The molecule has 0 atom stereocenters. The molecule has 4 heteroatoms. The molecule has 4 nitrogen and oxygen atoms in total. The average Bonchev–Trinajstić information content (AvgIpc) is 2.47. The molecule has 0 saturated carbocycles. The van der Waals surface area contributed by atoms with E-state index < -0.39 is 0 Å². The van der Waals surface area contributed by atoms with Crippen molar-refractivity contribution in [2.45, 2.75) is 6.54 Å². The first-order valence-corrected chi connectivity index (χ1v) is 5.94. The van der Waals surface area contributed by atoms with Gasteiger partial charge in [-0.25, -0.2) is 4.98 Å². The van der Waals surface area contributed by atoms with E-state index in [1.165, 1.54) is 0 Å². The van der Waals surface area contributed by atoms with Crippen LogP contribution in [0.3, 0.4) is 0 Å². The van der Waals surface area contributed by atoms with Gasteiger partial charge in [0.15, 0.2) is 0 Å². The topological polar surface area (TPSA) is 49.1 Å². The van der Waals surface area contributed by atoms with Crippen LogP contribution in [0.25, 0.3) is 0 Å². The van der Waals surface area contributed by atoms with E-state index in [0.29, 0.717) is 12.2 Å². The van der Waals surface area contributed by atoms with Gasteiger partial charge >= 0.3 is 0 Å². The number of nitrogens with zero attached hydrogens (tertiary/aromatic N) is 3. The van der Waals surface area contributed by atoms with E-state index in [-0.39, 0.29) is 0 Å². The highest BCUT2D eigenvalue weighted by Gasteiger charge is 2.07. The van der Waals surface area contributed by atoms with E-state index in [1.807, 2.05) is 43.4 Å². The second-order valence-electron chi connectivity index (χ2n) is 4.18. The number of ether oxygens (including phenoxy) is 1. The number of aromatic nitrogens is 1. The summed E-state index contributed by atoms with van der Waals surface area (Å²) in [6, 6.07) is 13.6. The van der Waals surface area contributed by atoms with Crippen molar-refractivity contribution in [2.75, 3.05) is 19.1 Å². The highest BCUT2D eigenvalue weighted by molar-refractivity contribution is 5.49. The molecule has 0 aliphatic carbocycles. The van der Waals surface area contributed by atoms with Crippen LogP contribution < -0.4 is 9.64 Å². The molecule has 0 fully saturated rings. The summed E-state index contributed by atoms with van der Waals surface area (Å²) in [4.78, 5) is 6.02. The Hall–Kier alpha value is -2.54. The Balaban J connectivity index is 2.21. The molecule has 96 valence electrons. The third-order valence-electron chi connectivity index (χ3n) is 2.90. The van der Waals surface area contributed by atoms with Gasteiger partial charge < -0.3 is 9.64 Å².